The van der Waals surface area contributed by atoms with Crippen LogP contribution in [-0.2, 0) is 11.0 Å². The maximum atomic E-state index is 13.2. The Morgan fingerprint density at radius 3 is 2.45 bits per heavy atom. The standard InChI is InChI=1S/C23H25F3N4O3/c1-15(2)9-10-27-21(32)16-7-8-19(28-13-16)30-12-11-29(14-20(30)31)22(33)17-5-3-4-6-18(17)23(24,25)26/h3-8,13,15H,9-12,14H2,1-2H3,(H,27,32). The summed E-state index contributed by atoms with van der Waals surface area (Å²) in [6.07, 6.45) is -2.46. The molecule has 1 fully saturated rings. The quantitative estimate of drug-likeness (QED) is 0.714. The van der Waals surface area contributed by atoms with Crippen LogP contribution in [0.1, 0.15) is 46.5 Å². The Hall–Kier alpha value is -3.43. The molecular weight excluding hydrogens is 437 g/mol. The molecule has 0 aliphatic carbocycles. The lowest BCUT2D eigenvalue weighted by Gasteiger charge is -2.34. The number of aromatic nitrogens is 1. The molecule has 0 saturated carbocycles. The van der Waals surface area contributed by atoms with Gasteiger partial charge in [-0.15, -0.1) is 0 Å². The molecule has 0 atom stereocenters. The van der Waals surface area contributed by atoms with Crippen LogP contribution in [0.3, 0.4) is 0 Å². The third-order valence-electron chi connectivity index (χ3n) is 5.26. The molecule has 3 rings (SSSR count). The number of pyridine rings is 1. The molecule has 176 valence electrons. The number of benzene rings is 1. The Morgan fingerprint density at radius 1 is 1.12 bits per heavy atom. The molecule has 1 aromatic carbocycles. The number of carbonyl (C=O) groups excluding carboxylic acids is 3. The smallest absolute Gasteiger partial charge is 0.352 e. The summed E-state index contributed by atoms with van der Waals surface area (Å²) in [7, 11) is 0. The van der Waals surface area contributed by atoms with Crippen LogP contribution in [0.4, 0.5) is 19.0 Å². The molecule has 10 heteroatoms. The average molecular weight is 462 g/mol. The predicted octanol–water partition coefficient (Wildman–Crippen LogP) is 3.37. The van der Waals surface area contributed by atoms with Crippen LogP contribution >= 0.6 is 0 Å². The highest BCUT2D eigenvalue weighted by Gasteiger charge is 2.37. The van der Waals surface area contributed by atoms with Crippen molar-refractivity contribution in [2.24, 2.45) is 5.92 Å². The highest BCUT2D eigenvalue weighted by Crippen LogP contribution is 2.32. The zero-order chi connectivity index (χ0) is 24.2. The van der Waals surface area contributed by atoms with Gasteiger partial charge < -0.3 is 10.2 Å². The molecular formula is C23H25F3N4O3. The van der Waals surface area contributed by atoms with Crippen LogP contribution in [0, 0.1) is 5.92 Å². The molecule has 1 N–H and O–H groups in total. The van der Waals surface area contributed by atoms with Crippen LogP contribution in [0.25, 0.3) is 0 Å². The first kappa shape index (κ1) is 24.2. The fraction of sp³-hybridized carbons (Fsp3) is 0.391. The lowest BCUT2D eigenvalue weighted by atomic mass is 10.1. The van der Waals surface area contributed by atoms with Gasteiger partial charge in [0.15, 0.2) is 0 Å². The number of nitrogens with zero attached hydrogens (tertiary/aromatic N) is 3. The van der Waals surface area contributed by atoms with Gasteiger partial charge in [-0.25, -0.2) is 4.98 Å². The van der Waals surface area contributed by atoms with Gasteiger partial charge in [-0.1, -0.05) is 26.0 Å². The minimum Gasteiger partial charge on any atom is -0.352 e. The van der Waals surface area contributed by atoms with Gasteiger partial charge in [0.25, 0.3) is 11.8 Å². The third-order valence-corrected chi connectivity index (χ3v) is 5.26. The first-order chi connectivity index (χ1) is 15.6. The second-order valence-corrected chi connectivity index (χ2v) is 8.16. The number of hydrogen-bond donors (Lipinski definition) is 1. The molecule has 1 aromatic heterocycles. The van der Waals surface area contributed by atoms with Crippen molar-refractivity contribution in [1.29, 1.82) is 0 Å². The number of nitrogens with one attached hydrogen (secondary N) is 1. The van der Waals surface area contributed by atoms with Crippen molar-refractivity contribution in [3.63, 3.8) is 0 Å². The fourth-order valence-corrected chi connectivity index (χ4v) is 3.43. The van der Waals surface area contributed by atoms with E-state index in [1.165, 1.54) is 29.3 Å². The van der Waals surface area contributed by atoms with Crippen molar-refractivity contribution in [3.8, 4) is 0 Å². The lowest BCUT2D eigenvalue weighted by molar-refractivity contribution is -0.138. The maximum Gasteiger partial charge on any atom is 0.417 e. The second kappa shape index (κ2) is 10.0. The molecule has 33 heavy (non-hydrogen) atoms. The average Bonchev–Trinajstić information content (AvgIpc) is 2.78. The summed E-state index contributed by atoms with van der Waals surface area (Å²) in [5.41, 5.74) is -1.17. The SMILES string of the molecule is CC(C)CCNC(=O)c1ccc(N2CCN(C(=O)c3ccccc3C(F)(F)F)CC2=O)nc1. The monoisotopic (exact) mass is 462 g/mol. The minimum absolute atomic E-state index is 0.0515. The second-order valence-electron chi connectivity index (χ2n) is 8.16. The van der Waals surface area contributed by atoms with Gasteiger partial charge >= 0.3 is 6.18 Å². The summed E-state index contributed by atoms with van der Waals surface area (Å²) in [6, 6.07) is 7.60. The highest BCUT2D eigenvalue weighted by atomic mass is 19.4. The van der Waals surface area contributed by atoms with Crippen molar-refractivity contribution in [2.75, 3.05) is 31.1 Å². The Balaban J connectivity index is 1.65. The largest absolute Gasteiger partial charge is 0.417 e. The van der Waals surface area contributed by atoms with Gasteiger partial charge in [0.2, 0.25) is 5.91 Å². The molecule has 2 heterocycles. The number of anilines is 1. The molecule has 0 radical (unpaired) electrons. The van der Waals surface area contributed by atoms with Crippen molar-refractivity contribution < 1.29 is 27.6 Å². The van der Waals surface area contributed by atoms with Crippen LogP contribution in [0.5, 0.6) is 0 Å². The number of carbonyl (C=O) groups is 3. The van der Waals surface area contributed by atoms with Gasteiger partial charge in [-0.3, -0.25) is 19.3 Å². The third kappa shape index (κ3) is 5.88. The Kier molecular flexibility index (Phi) is 7.35. The first-order valence-corrected chi connectivity index (χ1v) is 10.6. The number of amides is 3. The maximum absolute atomic E-state index is 13.2. The van der Waals surface area contributed by atoms with E-state index in [0.29, 0.717) is 23.8 Å². The number of piperazine rings is 1. The summed E-state index contributed by atoms with van der Waals surface area (Å²) in [4.78, 5) is 44.1. The number of alkyl halides is 3. The summed E-state index contributed by atoms with van der Waals surface area (Å²) in [5.74, 6) is -0.816. The first-order valence-electron chi connectivity index (χ1n) is 10.6. The summed E-state index contributed by atoms with van der Waals surface area (Å²) in [5, 5.41) is 2.80. The van der Waals surface area contributed by atoms with Gasteiger partial charge in [-0.2, -0.15) is 13.2 Å². The fourth-order valence-electron chi connectivity index (χ4n) is 3.43. The molecule has 2 aromatic rings. The van der Waals surface area contributed by atoms with Crippen molar-refractivity contribution in [3.05, 3.63) is 59.3 Å². The van der Waals surface area contributed by atoms with E-state index in [-0.39, 0.29) is 25.5 Å². The summed E-state index contributed by atoms with van der Waals surface area (Å²) < 4.78 is 39.7. The molecule has 3 amide bonds. The van der Waals surface area contributed by atoms with Gasteiger partial charge in [-0.05, 0) is 36.6 Å². The van der Waals surface area contributed by atoms with Gasteiger partial charge in [0.1, 0.15) is 12.4 Å². The van der Waals surface area contributed by atoms with Crippen molar-refractivity contribution in [1.82, 2.24) is 15.2 Å². The lowest BCUT2D eigenvalue weighted by Crippen LogP contribution is -2.52. The van der Waals surface area contributed by atoms with E-state index in [9.17, 15) is 27.6 Å². The van der Waals surface area contributed by atoms with Crippen molar-refractivity contribution in [2.45, 2.75) is 26.4 Å². The molecule has 1 aliphatic rings. The molecule has 1 aliphatic heterocycles. The van der Waals surface area contributed by atoms with Crippen LogP contribution in [-0.4, -0.2) is 53.8 Å². The normalized spacial score (nSPS) is 14.5. The van der Waals surface area contributed by atoms with E-state index < -0.39 is 29.1 Å². The zero-order valence-electron chi connectivity index (χ0n) is 18.4. The molecule has 0 spiro atoms. The predicted molar refractivity (Wildman–Crippen MR) is 116 cm³/mol. The highest BCUT2D eigenvalue weighted by molar-refractivity contribution is 6.02. The Bertz CT molecular complexity index is 1020. The number of hydrogen-bond acceptors (Lipinski definition) is 4. The topological polar surface area (TPSA) is 82.6 Å². The number of halogens is 3. The van der Waals surface area contributed by atoms with E-state index in [1.54, 1.807) is 6.07 Å². The van der Waals surface area contributed by atoms with Crippen LogP contribution < -0.4 is 10.2 Å². The molecule has 0 bridgehead atoms. The van der Waals surface area contributed by atoms with Crippen LogP contribution in [0.15, 0.2) is 42.6 Å². The van der Waals surface area contributed by atoms with Gasteiger partial charge in [0, 0.05) is 25.8 Å². The Morgan fingerprint density at radius 2 is 1.85 bits per heavy atom. The minimum atomic E-state index is -4.68. The summed E-state index contributed by atoms with van der Waals surface area (Å²) >= 11 is 0. The number of rotatable bonds is 6. The van der Waals surface area contributed by atoms with Crippen molar-refractivity contribution >= 4 is 23.5 Å². The zero-order valence-corrected chi connectivity index (χ0v) is 18.4. The van der Waals surface area contributed by atoms with E-state index in [4.69, 9.17) is 0 Å². The van der Waals surface area contributed by atoms with Gasteiger partial charge in [0.05, 0.1) is 16.7 Å². The molecule has 7 nitrogen and oxygen atoms in total. The molecule has 0 unspecified atom stereocenters. The molecule has 1 saturated heterocycles. The Labute approximate surface area is 189 Å². The van der Waals surface area contributed by atoms with E-state index in [2.05, 4.69) is 24.1 Å². The van der Waals surface area contributed by atoms with E-state index >= 15 is 0 Å². The van der Waals surface area contributed by atoms with E-state index in [1.807, 2.05) is 0 Å². The van der Waals surface area contributed by atoms with Crippen LogP contribution in [0.2, 0.25) is 0 Å². The summed E-state index contributed by atoms with van der Waals surface area (Å²) in [6.45, 7) is 4.42. The van der Waals surface area contributed by atoms with E-state index in [0.717, 1.165) is 23.5 Å².